The lowest BCUT2D eigenvalue weighted by molar-refractivity contribution is 0.107. The molecule has 5 atom stereocenters. The molecule has 47 heavy (non-hydrogen) atoms. The van der Waals surface area contributed by atoms with Crippen LogP contribution in [0.4, 0.5) is 19.4 Å². The van der Waals surface area contributed by atoms with Crippen LogP contribution in [0, 0.1) is 11.7 Å². The normalized spacial score (nSPS) is 29.0. The van der Waals surface area contributed by atoms with Crippen LogP contribution in [0.1, 0.15) is 56.4 Å². The number of rotatable bonds is 3. The van der Waals surface area contributed by atoms with E-state index in [1.54, 1.807) is 18.5 Å². The highest BCUT2D eigenvalue weighted by Crippen LogP contribution is 2.54. The molecule has 0 unspecified atom stereocenters. The minimum Gasteiger partial charge on any atom is -0.461 e. The first-order chi connectivity index (χ1) is 22.9. The number of carbonyl (C=O) groups is 1. The van der Waals surface area contributed by atoms with E-state index in [1.165, 1.54) is 0 Å². The molecule has 8 heterocycles. The number of halogens is 3. The van der Waals surface area contributed by atoms with Gasteiger partial charge in [0.25, 0.3) is 0 Å². The van der Waals surface area contributed by atoms with Gasteiger partial charge in [0.1, 0.15) is 29.8 Å². The molecule has 5 aliphatic heterocycles. The van der Waals surface area contributed by atoms with Crippen molar-refractivity contribution in [3.8, 4) is 17.3 Å². The van der Waals surface area contributed by atoms with Gasteiger partial charge in [0, 0.05) is 60.2 Å². The number of hydrogen-bond donors (Lipinski definition) is 2. The fourth-order valence-electron chi connectivity index (χ4n) is 8.47. The van der Waals surface area contributed by atoms with Crippen molar-refractivity contribution in [1.29, 1.82) is 0 Å². The van der Waals surface area contributed by atoms with E-state index in [0.717, 1.165) is 50.6 Å². The molecule has 14 heteroatoms. The zero-order chi connectivity index (χ0) is 31.9. The monoisotopic (exact) mass is 664 g/mol. The van der Waals surface area contributed by atoms with Gasteiger partial charge >= 0.3 is 12.1 Å². The number of fused-ring (bicyclic) bond motifs is 6. The number of alkyl carbamates (subject to hydrolysis) is 1. The van der Waals surface area contributed by atoms with E-state index in [9.17, 15) is 9.18 Å². The standard InChI is InChI=1S/C33H35ClF2N8O3/c34-23-9-24-21(12-38-42-24)26-25(23)20-8-17(20)15-46-32(45)39-19-4-1-2-6-43(14-19)30-22-11-37-29(26)27(36)28(22)40-31(41-30)47-16-33-5-3-7-44(33)13-18(35)10-33/h9,11-12,17-20H,1-8,10,13-16H2,(H,38,42)(H,39,45)/t17-,18-,19-,20-,33+/m1/s1. The summed E-state index contributed by atoms with van der Waals surface area (Å²) >= 11 is 6.90. The highest BCUT2D eigenvalue weighted by molar-refractivity contribution is 6.33. The van der Waals surface area contributed by atoms with Crippen LogP contribution >= 0.6 is 11.6 Å². The summed E-state index contributed by atoms with van der Waals surface area (Å²) in [5.41, 5.74) is 1.72. The molecular weight excluding hydrogens is 630 g/mol. The topological polar surface area (TPSA) is 121 Å². The van der Waals surface area contributed by atoms with Crippen molar-refractivity contribution in [2.24, 2.45) is 5.92 Å². The average molecular weight is 665 g/mol. The number of hydrogen-bond acceptors (Lipinski definition) is 9. The average Bonchev–Trinajstić information content (AvgIpc) is 3.42. The molecule has 3 saturated heterocycles. The van der Waals surface area contributed by atoms with E-state index in [-0.39, 0.29) is 48.3 Å². The Kier molecular flexibility index (Phi) is 6.93. The van der Waals surface area contributed by atoms with Gasteiger partial charge in [0.15, 0.2) is 5.82 Å². The predicted octanol–water partition coefficient (Wildman–Crippen LogP) is 5.52. The summed E-state index contributed by atoms with van der Waals surface area (Å²) in [6.07, 6.45) is 7.37. The predicted molar refractivity (Wildman–Crippen MR) is 171 cm³/mol. The Morgan fingerprint density at radius 3 is 2.98 bits per heavy atom. The first-order valence-electron chi connectivity index (χ1n) is 16.6. The Morgan fingerprint density at radius 1 is 1.15 bits per heavy atom. The lowest BCUT2D eigenvalue weighted by Gasteiger charge is -2.31. The lowest BCUT2D eigenvalue weighted by atomic mass is 9.94. The molecule has 0 radical (unpaired) electrons. The third-order valence-corrected chi connectivity index (χ3v) is 11.2. The summed E-state index contributed by atoms with van der Waals surface area (Å²) < 4.78 is 43.7. The number of anilines is 1. The minimum absolute atomic E-state index is 0.0309. The molecule has 6 bridgehead atoms. The van der Waals surface area contributed by atoms with Crippen LogP contribution in [0.15, 0.2) is 18.5 Å². The fraction of sp³-hybridized carbons (Fsp3) is 0.545. The summed E-state index contributed by atoms with van der Waals surface area (Å²) in [5.74, 6) is -0.143. The van der Waals surface area contributed by atoms with Gasteiger partial charge in [0.2, 0.25) is 0 Å². The van der Waals surface area contributed by atoms with Gasteiger partial charge in [-0.25, -0.2) is 13.6 Å². The maximum absolute atomic E-state index is 17.1. The number of nitrogens with zero attached hydrogens (tertiary/aromatic N) is 6. The Hall–Kier alpha value is -3.84. The molecule has 4 aromatic rings. The number of aromatic amines is 1. The van der Waals surface area contributed by atoms with Gasteiger partial charge < -0.3 is 19.7 Å². The summed E-state index contributed by atoms with van der Waals surface area (Å²) in [5, 5.41) is 11.8. The van der Waals surface area contributed by atoms with Crippen molar-refractivity contribution < 1.29 is 23.0 Å². The van der Waals surface area contributed by atoms with Crippen molar-refractivity contribution in [2.45, 2.75) is 68.6 Å². The minimum atomic E-state index is -0.907. The molecule has 11 nitrogen and oxygen atoms in total. The van der Waals surface area contributed by atoms with Crippen LogP contribution in [0.3, 0.4) is 0 Å². The zero-order valence-corrected chi connectivity index (χ0v) is 26.5. The molecule has 2 N–H and O–H groups in total. The number of amides is 1. The number of carbonyl (C=O) groups excluding carboxylic acids is 1. The smallest absolute Gasteiger partial charge is 0.407 e. The Labute approximate surface area is 274 Å². The second kappa shape index (κ2) is 11.1. The summed E-state index contributed by atoms with van der Waals surface area (Å²) in [7, 11) is 0. The van der Waals surface area contributed by atoms with Gasteiger partial charge in [-0.3, -0.25) is 15.0 Å². The van der Waals surface area contributed by atoms with E-state index >= 15 is 4.39 Å². The van der Waals surface area contributed by atoms with Crippen molar-refractivity contribution in [3.05, 3.63) is 34.9 Å². The molecule has 0 spiro atoms. The fourth-order valence-corrected chi connectivity index (χ4v) is 8.81. The van der Waals surface area contributed by atoms with Crippen molar-refractivity contribution in [2.75, 3.05) is 44.3 Å². The Balaban J connectivity index is 1.22. The van der Waals surface area contributed by atoms with Crippen molar-refractivity contribution in [1.82, 2.24) is 35.4 Å². The third kappa shape index (κ3) is 4.95. The van der Waals surface area contributed by atoms with E-state index < -0.39 is 23.6 Å². The van der Waals surface area contributed by atoms with Gasteiger partial charge in [-0.1, -0.05) is 11.6 Å². The zero-order valence-electron chi connectivity index (χ0n) is 25.8. The largest absolute Gasteiger partial charge is 0.461 e. The molecule has 1 aliphatic carbocycles. The number of ether oxygens (including phenoxy) is 2. The van der Waals surface area contributed by atoms with E-state index in [0.29, 0.717) is 58.7 Å². The molecule has 246 valence electrons. The second-order valence-corrected chi connectivity index (χ2v) is 14.2. The maximum atomic E-state index is 17.1. The first-order valence-corrected chi connectivity index (χ1v) is 17.0. The van der Waals surface area contributed by atoms with Crippen LogP contribution in [0.2, 0.25) is 5.02 Å². The number of pyridine rings is 1. The SMILES string of the molecule is O=C1N[C@@H]2CCCCN(C2)c2nc(OC[C@@]34CCCN3C[C@H](F)C4)nc3c(F)c(ncc23)-c2c(c(Cl)cc3[nH]ncc23)[C@@H]2C[C@@H]2CO1. The number of benzene rings is 1. The molecule has 4 fully saturated rings. The number of aromatic nitrogens is 5. The summed E-state index contributed by atoms with van der Waals surface area (Å²) in [4.78, 5) is 31.4. The second-order valence-electron chi connectivity index (χ2n) is 13.8. The molecular formula is C33H35ClF2N8O3. The Bertz CT molecular complexity index is 1910. The molecule has 1 saturated carbocycles. The molecule has 3 aromatic heterocycles. The molecule has 10 rings (SSSR count). The highest BCUT2D eigenvalue weighted by Gasteiger charge is 2.49. The maximum Gasteiger partial charge on any atom is 0.407 e. The lowest BCUT2D eigenvalue weighted by Crippen LogP contribution is -2.44. The van der Waals surface area contributed by atoms with Crippen molar-refractivity contribution in [3.63, 3.8) is 0 Å². The highest BCUT2D eigenvalue weighted by atomic mass is 35.5. The number of alkyl halides is 1. The van der Waals surface area contributed by atoms with E-state index in [2.05, 4.69) is 25.4 Å². The summed E-state index contributed by atoms with van der Waals surface area (Å²) in [6.45, 7) is 2.76. The van der Waals surface area contributed by atoms with Gasteiger partial charge in [-0.05, 0) is 62.6 Å². The van der Waals surface area contributed by atoms with Gasteiger partial charge in [-0.2, -0.15) is 15.1 Å². The molecule has 1 aromatic carbocycles. The molecule has 1 amide bonds. The van der Waals surface area contributed by atoms with Crippen LogP contribution in [0.25, 0.3) is 33.1 Å². The van der Waals surface area contributed by atoms with Crippen LogP contribution in [-0.2, 0) is 4.74 Å². The quantitative estimate of drug-likeness (QED) is 0.292. The first kappa shape index (κ1) is 29.3. The van der Waals surface area contributed by atoms with E-state index in [4.69, 9.17) is 31.0 Å². The van der Waals surface area contributed by atoms with Gasteiger partial charge in [-0.15, -0.1) is 0 Å². The summed E-state index contributed by atoms with van der Waals surface area (Å²) in [6, 6.07) is 1.63. The molecule has 6 aliphatic rings. The number of H-pyrrole nitrogens is 1. The number of nitrogens with one attached hydrogen (secondary N) is 2. The van der Waals surface area contributed by atoms with Crippen molar-refractivity contribution >= 4 is 45.3 Å². The van der Waals surface area contributed by atoms with Crippen LogP contribution in [0.5, 0.6) is 6.01 Å². The van der Waals surface area contributed by atoms with Crippen LogP contribution in [-0.4, -0.2) is 93.3 Å². The van der Waals surface area contributed by atoms with Gasteiger partial charge in [0.05, 0.1) is 29.2 Å². The third-order valence-electron chi connectivity index (χ3n) is 10.9. The van der Waals surface area contributed by atoms with E-state index in [1.807, 2.05) is 4.90 Å². The van der Waals surface area contributed by atoms with Crippen LogP contribution < -0.4 is 15.0 Å². The Morgan fingerprint density at radius 2 is 2.06 bits per heavy atom.